The van der Waals surface area contributed by atoms with Crippen LogP contribution in [0.2, 0.25) is 10.0 Å². The maximum absolute atomic E-state index is 12.4. The number of alkyl halides is 3. The highest BCUT2D eigenvalue weighted by atomic mass is 35.5. The molecule has 130 valence electrons. The summed E-state index contributed by atoms with van der Waals surface area (Å²) in [5, 5.41) is 6.59. The van der Waals surface area contributed by atoms with Gasteiger partial charge in [0, 0.05) is 17.8 Å². The van der Waals surface area contributed by atoms with E-state index in [0.29, 0.717) is 10.8 Å². The number of benzene rings is 1. The SMILES string of the molecule is O=C(COc1ccc(Cl)cc1Cl)NCCn1ccc(C(F)(F)F)n1. The van der Waals surface area contributed by atoms with Crippen LogP contribution in [0.3, 0.4) is 0 Å². The first-order chi connectivity index (χ1) is 11.3. The minimum absolute atomic E-state index is 0.101. The van der Waals surface area contributed by atoms with E-state index in [1.54, 1.807) is 6.07 Å². The molecule has 1 N–H and O–H groups in total. The van der Waals surface area contributed by atoms with Crippen LogP contribution in [0, 0.1) is 0 Å². The van der Waals surface area contributed by atoms with Gasteiger partial charge in [-0.3, -0.25) is 9.48 Å². The van der Waals surface area contributed by atoms with Gasteiger partial charge in [-0.15, -0.1) is 0 Å². The van der Waals surface area contributed by atoms with Crippen molar-refractivity contribution in [2.45, 2.75) is 12.7 Å². The summed E-state index contributed by atoms with van der Waals surface area (Å²) in [5.74, 6) is -0.137. The Morgan fingerprint density at radius 2 is 2.04 bits per heavy atom. The summed E-state index contributed by atoms with van der Waals surface area (Å²) in [7, 11) is 0. The molecule has 2 rings (SSSR count). The molecule has 0 aliphatic rings. The maximum Gasteiger partial charge on any atom is 0.435 e. The zero-order chi connectivity index (χ0) is 17.7. The highest BCUT2D eigenvalue weighted by molar-refractivity contribution is 6.35. The van der Waals surface area contributed by atoms with Gasteiger partial charge in [0.25, 0.3) is 5.91 Å². The average Bonchev–Trinajstić information content (AvgIpc) is 2.95. The van der Waals surface area contributed by atoms with E-state index < -0.39 is 17.8 Å². The van der Waals surface area contributed by atoms with E-state index in [4.69, 9.17) is 27.9 Å². The Bertz CT molecular complexity index is 720. The second kappa shape index (κ2) is 7.76. The summed E-state index contributed by atoms with van der Waals surface area (Å²) in [6.45, 7) is -0.0761. The lowest BCUT2D eigenvalue weighted by Gasteiger charge is -2.09. The molecule has 0 radical (unpaired) electrons. The molecule has 1 aromatic heterocycles. The van der Waals surface area contributed by atoms with E-state index in [0.717, 1.165) is 10.7 Å². The molecule has 0 spiro atoms. The van der Waals surface area contributed by atoms with Gasteiger partial charge < -0.3 is 10.1 Å². The summed E-state index contributed by atoms with van der Waals surface area (Å²) < 4.78 is 43.5. The highest BCUT2D eigenvalue weighted by Gasteiger charge is 2.33. The van der Waals surface area contributed by atoms with Gasteiger partial charge in [0.2, 0.25) is 0 Å². The molecule has 0 fully saturated rings. The number of hydrogen-bond acceptors (Lipinski definition) is 3. The Morgan fingerprint density at radius 3 is 2.67 bits per heavy atom. The van der Waals surface area contributed by atoms with Crippen LogP contribution >= 0.6 is 23.2 Å². The number of aromatic nitrogens is 2. The highest BCUT2D eigenvalue weighted by Crippen LogP contribution is 2.28. The lowest BCUT2D eigenvalue weighted by Crippen LogP contribution is -2.31. The molecule has 1 aromatic carbocycles. The van der Waals surface area contributed by atoms with Crippen LogP contribution in [0.5, 0.6) is 5.75 Å². The Kier molecular flexibility index (Phi) is 5.95. The predicted octanol–water partition coefficient (Wildman–Crippen LogP) is 3.40. The number of hydrogen-bond donors (Lipinski definition) is 1. The van der Waals surface area contributed by atoms with Crippen molar-refractivity contribution in [3.63, 3.8) is 0 Å². The second-order valence-corrected chi connectivity index (χ2v) is 5.52. The Hall–Kier alpha value is -1.93. The first-order valence-corrected chi connectivity index (χ1v) is 7.46. The molecular weight excluding hydrogens is 370 g/mol. The smallest absolute Gasteiger partial charge is 0.435 e. The van der Waals surface area contributed by atoms with E-state index in [-0.39, 0.29) is 24.7 Å². The van der Waals surface area contributed by atoms with E-state index in [1.807, 2.05) is 0 Å². The average molecular weight is 382 g/mol. The van der Waals surface area contributed by atoms with E-state index in [1.165, 1.54) is 18.3 Å². The Morgan fingerprint density at radius 1 is 1.29 bits per heavy atom. The first kappa shape index (κ1) is 18.4. The lowest BCUT2D eigenvalue weighted by molar-refractivity contribution is -0.141. The molecule has 10 heteroatoms. The zero-order valence-corrected chi connectivity index (χ0v) is 13.6. The second-order valence-electron chi connectivity index (χ2n) is 4.68. The largest absolute Gasteiger partial charge is 0.482 e. The molecular formula is C14H12Cl2F3N3O2. The number of nitrogens with one attached hydrogen (secondary N) is 1. The minimum Gasteiger partial charge on any atom is -0.482 e. The summed E-state index contributed by atoms with van der Waals surface area (Å²) in [6.07, 6.45) is -3.29. The van der Waals surface area contributed by atoms with E-state index >= 15 is 0 Å². The van der Waals surface area contributed by atoms with Gasteiger partial charge in [-0.25, -0.2) is 0 Å². The zero-order valence-electron chi connectivity index (χ0n) is 12.1. The molecule has 0 unspecified atom stereocenters. The number of nitrogens with zero attached hydrogens (tertiary/aromatic N) is 2. The fourth-order valence-electron chi connectivity index (χ4n) is 1.73. The topological polar surface area (TPSA) is 56.1 Å². The third kappa shape index (κ3) is 5.31. The van der Waals surface area contributed by atoms with Crippen LogP contribution in [0.25, 0.3) is 0 Å². The molecule has 2 aromatic rings. The monoisotopic (exact) mass is 381 g/mol. The summed E-state index contributed by atoms with van der Waals surface area (Å²) >= 11 is 11.6. The summed E-state index contributed by atoms with van der Waals surface area (Å²) in [6, 6.07) is 5.44. The summed E-state index contributed by atoms with van der Waals surface area (Å²) in [4.78, 5) is 11.6. The van der Waals surface area contributed by atoms with Crippen LogP contribution in [0.4, 0.5) is 13.2 Å². The molecule has 1 heterocycles. The van der Waals surface area contributed by atoms with Gasteiger partial charge in [0.05, 0.1) is 11.6 Å². The Balaban J connectivity index is 1.74. The van der Waals surface area contributed by atoms with Gasteiger partial charge >= 0.3 is 6.18 Å². The van der Waals surface area contributed by atoms with Crippen molar-refractivity contribution in [3.05, 3.63) is 46.2 Å². The molecule has 0 aliphatic carbocycles. The van der Waals surface area contributed by atoms with Crippen molar-refractivity contribution in [2.24, 2.45) is 0 Å². The van der Waals surface area contributed by atoms with Crippen LogP contribution in [0.1, 0.15) is 5.69 Å². The molecule has 0 aliphatic heterocycles. The van der Waals surface area contributed by atoms with Gasteiger partial charge in [0.1, 0.15) is 5.75 Å². The van der Waals surface area contributed by atoms with Crippen LogP contribution < -0.4 is 10.1 Å². The standard InChI is InChI=1S/C14H12Cl2F3N3O2/c15-9-1-2-11(10(16)7-9)24-8-13(23)20-4-6-22-5-3-12(21-22)14(17,18)19/h1-3,5,7H,4,6,8H2,(H,20,23). The van der Waals surface area contributed by atoms with Crippen LogP contribution in [-0.2, 0) is 17.5 Å². The number of ether oxygens (including phenoxy) is 1. The van der Waals surface area contributed by atoms with Crippen molar-refractivity contribution in [3.8, 4) is 5.75 Å². The van der Waals surface area contributed by atoms with Gasteiger partial charge in [-0.05, 0) is 24.3 Å². The predicted molar refractivity (Wildman–Crippen MR) is 82.2 cm³/mol. The number of halogens is 5. The maximum atomic E-state index is 12.4. The fraction of sp³-hybridized carbons (Fsp3) is 0.286. The number of amides is 1. The third-order valence-electron chi connectivity index (χ3n) is 2.85. The fourth-order valence-corrected chi connectivity index (χ4v) is 2.20. The van der Waals surface area contributed by atoms with Crippen LogP contribution in [-0.4, -0.2) is 28.8 Å². The number of carbonyl (C=O) groups excluding carboxylic acids is 1. The van der Waals surface area contributed by atoms with Gasteiger partial charge in [-0.2, -0.15) is 18.3 Å². The van der Waals surface area contributed by atoms with Gasteiger partial charge in [0.15, 0.2) is 12.3 Å². The van der Waals surface area contributed by atoms with Crippen molar-refractivity contribution in [2.75, 3.05) is 13.2 Å². The molecule has 0 bridgehead atoms. The number of carbonyl (C=O) groups is 1. The van der Waals surface area contributed by atoms with Gasteiger partial charge in [-0.1, -0.05) is 23.2 Å². The van der Waals surface area contributed by atoms with E-state index in [9.17, 15) is 18.0 Å². The van der Waals surface area contributed by atoms with Crippen molar-refractivity contribution < 1.29 is 22.7 Å². The molecule has 0 atom stereocenters. The molecule has 5 nitrogen and oxygen atoms in total. The summed E-state index contributed by atoms with van der Waals surface area (Å²) in [5.41, 5.74) is -0.977. The normalized spacial score (nSPS) is 11.4. The van der Waals surface area contributed by atoms with E-state index in [2.05, 4.69) is 10.4 Å². The molecule has 24 heavy (non-hydrogen) atoms. The number of rotatable bonds is 6. The molecule has 1 amide bonds. The first-order valence-electron chi connectivity index (χ1n) is 6.71. The lowest BCUT2D eigenvalue weighted by atomic mass is 10.3. The molecule has 0 saturated heterocycles. The van der Waals surface area contributed by atoms with Crippen molar-refractivity contribution >= 4 is 29.1 Å². The van der Waals surface area contributed by atoms with Crippen molar-refractivity contribution in [1.82, 2.24) is 15.1 Å². The third-order valence-corrected chi connectivity index (χ3v) is 3.38. The van der Waals surface area contributed by atoms with Crippen LogP contribution in [0.15, 0.2) is 30.5 Å². The molecule has 0 saturated carbocycles. The quantitative estimate of drug-likeness (QED) is 0.833. The Labute approximate surface area is 145 Å². The van der Waals surface area contributed by atoms with Crippen molar-refractivity contribution in [1.29, 1.82) is 0 Å². The minimum atomic E-state index is -4.49.